The lowest BCUT2D eigenvalue weighted by atomic mass is 9.98. The number of carboxylic acids is 1. The van der Waals surface area contributed by atoms with Gasteiger partial charge in [-0.15, -0.1) is 0 Å². The second kappa shape index (κ2) is 4.52. The Morgan fingerprint density at radius 2 is 1.89 bits per heavy atom. The maximum Gasteiger partial charge on any atom is 0.305 e. The number of carbonyl (C=O) groups is 1. The van der Waals surface area contributed by atoms with Gasteiger partial charge in [0.1, 0.15) is 0 Å². The molecular formula is C16H15NO2. The van der Waals surface area contributed by atoms with Gasteiger partial charge in [0, 0.05) is 6.04 Å². The molecule has 2 aromatic rings. The van der Waals surface area contributed by atoms with Crippen molar-refractivity contribution in [2.24, 2.45) is 5.73 Å². The Hall–Kier alpha value is -2.13. The largest absolute Gasteiger partial charge is 0.481 e. The van der Waals surface area contributed by atoms with Gasteiger partial charge in [-0.3, -0.25) is 4.79 Å². The summed E-state index contributed by atoms with van der Waals surface area (Å²) in [7, 11) is 0. The van der Waals surface area contributed by atoms with E-state index in [9.17, 15) is 4.79 Å². The number of fused-ring (bicyclic) bond motifs is 3. The third kappa shape index (κ3) is 2.13. The van der Waals surface area contributed by atoms with E-state index in [1.165, 1.54) is 22.3 Å². The molecule has 3 rings (SSSR count). The van der Waals surface area contributed by atoms with Crippen LogP contribution in [-0.4, -0.2) is 11.1 Å². The summed E-state index contributed by atoms with van der Waals surface area (Å²) in [5.74, 6) is -0.865. The van der Waals surface area contributed by atoms with Crippen LogP contribution in [0.5, 0.6) is 0 Å². The van der Waals surface area contributed by atoms with E-state index < -0.39 is 12.0 Å². The molecule has 0 fully saturated rings. The number of carboxylic acid groups (broad SMARTS) is 1. The predicted octanol–water partition coefficient (Wildman–Crippen LogP) is 2.73. The lowest BCUT2D eigenvalue weighted by Gasteiger charge is -2.11. The Balaban J connectivity index is 1.95. The molecule has 0 radical (unpaired) electrons. The molecule has 0 bridgehead atoms. The van der Waals surface area contributed by atoms with Crippen LogP contribution < -0.4 is 5.73 Å². The predicted molar refractivity (Wildman–Crippen MR) is 73.9 cm³/mol. The number of aliphatic carboxylic acids is 1. The van der Waals surface area contributed by atoms with E-state index in [2.05, 4.69) is 18.2 Å². The van der Waals surface area contributed by atoms with Crippen molar-refractivity contribution in [3.05, 3.63) is 59.2 Å². The lowest BCUT2D eigenvalue weighted by Crippen LogP contribution is -2.15. The molecule has 1 aliphatic carbocycles. The summed E-state index contributed by atoms with van der Waals surface area (Å²) in [6.07, 6.45) is 0.866. The van der Waals surface area contributed by atoms with Gasteiger partial charge in [-0.2, -0.15) is 0 Å². The first kappa shape index (κ1) is 11.9. The quantitative estimate of drug-likeness (QED) is 0.754. The molecule has 0 saturated heterocycles. The van der Waals surface area contributed by atoms with Gasteiger partial charge < -0.3 is 10.8 Å². The number of hydrogen-bond acceptors (Lipinski definition) is 2. The molecule has 2 aromatic carbocycles. The van der Waals surface area contributed by atoms with Crippen LogP contribution in [-0.2, 0) is 11.2 Å². The zero-order valence-electron chi connectivity index (χ0n) is 10.5. The van der Waals surface area contributed by atoms with Crippen LogP contribution in [0.15, 0.2) is 42.5 Å². The van der Waals surface area contributed by atoms with Crippen LogP contribution >= 0.6 is 0 Å². The van der Waals surface area contributed by atoms with E-state index in [1.807, 2.05) is 24.3 Å². The molecule has 0 aliphatic heterocycles. The maximum absolute atomic E-state index is 10.7. The average molecular weight is 253 g/mol. The third-order valence-corrected chi connectivity index (χ3v) is 3.64. The standard InChI is InChI=1S/C16H15NO2/c17-15(9-16(18)19)11-5-6-14-12(8-11)7-10-3-1-2-4-13(10)14/h1-6,8,15H,7,9,17H2,(H,18,19)/t15-/m0/s1. The fraction of sp³-hybridized carbons (Fsp3) is 0.188. The summed E-state index contributed by atoms with van der Waals surface area (Å²) in [4.78, 5) is 10.7. The molecular weight excluding hydrogens is 238 g/mol. The minimum absolute atomic E-state index is 0.0360. The van der Waals surface area contributed by atoms with E-state index in [4.69, 9.17) is 10.8 Å². The summed E-state index contributed by atoms with van der Waals surface area (Å²) in [6.45, 7) is 0. The fourth-order valence-corrected chi connectivity index (χ4v) is 2.70. The molecule has 0 aromatic heterocycles. The van der Waals surface area contributed by atoms with Crippen LogP contribution in [0.2, 0.25) is 0 Å². The Morgan fingerprint density at radius 3 is 2.68 bits per heavy atom. The molecule has 0 heterocycles. The van der Waals surface area contributed by atoms with E-state index in [0.29, 0.717) is 0 Å². The molecule has 3 nitrogen and oxygen atoms in total. The third-order valence-electron chi connectivity index (χ3n) is 3.64. The van der Waals surface area contributed by atoms with Gasteiger partial charge in [-0.25, -0.2) is 0 Å². The monoisotopic (exact) mass is 253 g/mol. The Bertz CT molecular complexity index is 649. The number of rotatable bonds is 3. The molecule has 3 heteroatoms. The van der Waals surface area contributed by atoms with E-state index in [1.54, 1.807) is 0 Å². The zero-order chi connectivity index (χ0) is 13.4. The highest BCUT2D eigenvalue weighted by Gasteiger charge is 2.19. The topological polar surface area (TPSA) is 63.3 Å². The van der Waals surface area contributed by atoms with Crippen LogP contribution in [0.3, 0.4) is 0 Å². The first-order valence-corrected chi connectivity index (χ1v) is 6.33. The van der Waals surface area contributed by atoms with Gasteiger partial charge in [0.15, 0.2) is 0 Å². The van der Waals surface area contributed by atoms with Crippen molar-refractivity contribution in [3.63, 3.8) is 0 Å². The Morgan fingerprint density at radius 1 is 1.16 bits per heavy atom. The average Bonchev–Trinajstić information content (AvgIpc) is 2.75. The molecule has 0 spiro atoms. The van der Waals surface area contributed by atoms with Crippen LogP contribution in [0.4, 0.5) is 0 Å². The van der Waals surface area contributed by atoms with Crippen molar-refractivity contribution in [2.45, 2.75) is 18.9 Å². The second-order valence-electron chi connectivity index (χ2n) is 4.95. The Labute approximate surface area is 111 Å². The smallest absolute Gasteiger partial charge is 0.305 e. The first-order valence-electron chi connectivity index (χ1n) is 6.33. The normalized spacial score (nSPS) is 13.7. The summed E-state index contributed by atoms with van der Waals surface area (Å²) in [6, 6.07) is 13.9. The van der Waals surface area contributed by atoms with Gasteiger partial charge in [0.2, 0.25) is 0 Å². The zero-order valence-corrected chi connectivity index (χ0v) is 10.5. The molecule has 1 atom stereocenters. The lowest BCUT2D eigenvalue weighted by molar-refractivity contribution is -0.137. The molecule has 0 amide bonds. The minimum atomic E-state index is -0.865. The van der Waals surface area contributed by atoms with Gasteiger partial charge in [0.05, 0.1) is 6.42 Å². The molecule has 3 N–H and O–H groups in total. The molecule has 19 heavy (non-hydrogen) atoms. The van der Waals surface area contributed by atoms with Crippen molar-refractivity contribution in [2.75, 3.05) is 0 Å². The summed E-state index contributed by atoms with van der Waals surface area (Å²) < 4.78 is 0. The first-order chi connectivity index (χ1) is 9.15. The van der Waals surface area contributed by atoms with Gasteiger partial charge in [-0.05, 0) is 34.2 Å². The molecule has 0 saturated carbocycles. The summed E-state index contributed by atoms with van der Waals surface area (Å²) >= 11 is 0. The van der Waals surface area contributed by atoms with E-state index in [0.717, 1.165) is 12.0 Å². The van der Waals surface area contributed by atoms with Gasteiger partial charge in [-0.1, -0.05) is 42.5 Å². The van der Waals surface area contributed by atoms with Crippen molar-refractivity contribution >= 4 is 5.97 Å². The van der Waals surface area contributed by atoms with Crippen LogP contribution in [0, 0.1) is 0 Å². The highest BCUT2D eigenvalue weighted by atomic mass is 16.4. The van der Waals surface area contributed by atoms with Crippen molar-refractivity contribution in [3.8, 4) is 11.1 Å². The highest BCUT2D eigenvalue weighted by molar-refractivity contribution is 5.77. The van der Waals surface area contributed by atoms with E-state index >= 15 is 0 Å². The van der Waals surface area contributed by atoms with Crippen molar-refractivity contribution in [1.29, 1.82) is 0 Å². The number of benzene rings is 2. The number of nitrogens with two attached hydrogens (primary N) is 1. The number of hydrogen-bond donors (Lipinski definition) is 2. The second-order valence-corrected chi connectivity index (χ2v) is 4.95. The van der Waals surface area contributed by atoms with Crippen molar-refractivity contribution in [1.82, 2.24) is 0 Å². The Kier molecular flexibility index (Phi) is 2.84. The molecule has 96 valence electrons. The SMILES string of the molecule is N[C@@H](CC(=O)O)c1ccc2c(c1)Cc1ccccc1-2. The van der Waals surface area contributed by atoms with Crippen LogP contribution in [0.25, 0.3) is 11.1 Å². The summed E-state index contributed by atoms with van der Waals surface area (Å²) in [5.41, 5.74) is 11.9. The highest BCUT2D eigenvalue weighted by Crippen LogP contribution is 2.37. The molecule has 0 unspecified atom stereocenters. The van der Waals surface area contributed by atoms with Crippen LogP contribution in [0.1, 0.15) is 29.2 Å². The van der Waals surface area contributed by atoms with Gasteiger partial charge >= 0.3 is 5.97 Å². The van der Waals surface area contributed by atoms with E-state index in [-0.39, 0.29) is 6.42 Å². The molecule has 1 aliphatic rings. The fourth-order valence-electron chi connectivity index (χ4n) is 2.70. The van der Waals surface area contributed by atoms with Gasteiger partial charge in [0.25, 0.3) is 0 Å². The minimum Gasteiger partial charge on any atom is -0.481 e. The van der Waals surface area contributed by atoms with Crippen molar-refractivity contribution < 1.29 is 9.90 Å². The maximum atomic E-state index is 10.7. The summed E-state index contributed by atoms with van der Waals surface area (Å²) in [5, 5.41) is 8.80.